The van der Waals surface area contributed by atoms with Crippen molar-refractivity contribution in [1.29, 1.82) is 0 Å². The first-order chi connectivity index (χ1) is 12.5. The second-order valence-electron chi connectivity index (χ2n) is 7.18. The summed E-state index contributed by atoms with van der Waals surface area (Å²) in [6, 6.07) is 5.86. The summed E-state index contributed by atoms with van der Waals surface area (Å²) in [6.45, 7) is 6.49. The van der Waals surface area contributed by atoms with Crippen molar-refractivity contribution in [3.05, 3.63) is 47.7 Å². The Morgan fingerprint density at radius 2 is 2.08 bits per heavy atom. The van der Waals surface area contributed by atoms with E-state index < -0.39 is 0 Å². The molecule has 3 rings (SSSR count). The summed E-state index contributed by atoms with van der Waals surface area (Å²) in [5, 5.41) is 0. The minimum absolute atomic E-state index is 0.0193. The molecule has 3 heterocycles. The molecule has 0 radical (unpaired) electrons. The number of likely N-dealkylation sites (tertiary alicyclic amines) is 1. The summed E-state index contributed by atoms with van der Waals surface area (Å²) in [5.74, 6) is 2.00. The van der Waals surface area contributed by atoms with Crippen molar-refractivity contribution in [3.8, 4) is 0 Å². The van der Waals surface area contributed by atoms with Crippen LogP contribution in [0.15, 0.2) is 30.6 Å². The van der Waals surface area contributed by atoms with Gasteiger partial charge in [-0.05, 0) is 49.8 Å². The highest BCUT2D eigenvalue weighted by atomic mass is 16.2. The molecule has 1 fully saturated rings. The molecule has 1 atom stereocenters. The first-order valence-corrected chi connectivity index (χ1v) is 9.28. The van der Waals surface area contributed by atoms with Crippen LogP contribution in [0.2, 0.25) is 0 Å². The fourth-order valence-electron chi connectivity index (χ4n) is 3.35. The number of carbonyl (C=O) groups excluding carboxylic acids is 1. The maximum atomic E-state index is 12.9. The lowest BCUT2D eigenvalue weighted by atomic mass is 10.00. The fourth-order valence-corrected chi connectivity index (χ4v) is 3.35. The molecule has 1 amide bonds. The van der Waals surface area contributed by atoms with Gasteiger partial charge < -0.3 is 9.80 Å². The van der Waals surface area contributed by atoms with Crippen LogP contribution in [0.25, 0.3) is 0 Å². The standard InChI is InChI=1S/C20H27N5O/c1-15-5-4-11-25(14-15)20(26)18-13-19(23-16(2)22-18)24(3)12-8-17-6-9-21-10-7-17/h6-7,9-10,13,15H,4-5,8,11-12,14H2,1-3H3. The van der Waals surface area contributed by atoms with Crippen molar-refractivity contribution in [2.24, 2.45) is 5.92 Å². The number of aromatic nitrogens is 3. The number of aryl methyl sites for hydroxylation is 1. The first kappa shape index (κ1) is 18.3. The summed E-state index contributed by atoms with van der Waals surface area (Å²) in [5.41, 5.74) is 1.73. The van der Waals surface area contributed by atoms with Crippen LogP contribution in [0.4, 0.5) is 5.82 Å². The fraction of sp³-hybridized carbons (Fsp3) is 0.500. The van der Waals surface area contributed by atoms with Gasteiger partial charge in [0.15, 0.2) is 0 Å². The maximum absolute atomic E-state index is 12.9. The Hall–Kier alpha value is -2.50. The number of hydrogen-bond donors (Lipinski definition) is 0. The van der Waals surface area contributed by atoms with E-state index in [9.17, 15) is 4.79 Å². The molecule has 0 spiro atoms. The third kappa shape index (κ3) is 4.56. The molecule has 0 bridgehead atoms. The van der Waals surface area contributed by atoms with Gasteiger partial charge in [-0.25, -0.2) is 9.97 Å². The summed E-state index contributed by atoms with van der Waals surface area (Å²) >= 11 is 0. The zero-order chi connectivity index (χ0) is 18.5. The summed E-state index contributed by atoms with van der Waals surface area (Å²) < 4.78 is 0. The third-order valence-corrected chi connectivity index (χ3v) is 4.86. The largest absolute Gasteiger partial charge is 0.359 e. The Morgan fingerprint density at radius 1 is 1.31 bits per heavy atom. The Morgan fingerprint density at radius 3 is 2.81 bits per heavy atom. The van der Waals surface area contributed by atoms with Crippen LogP contribution in [-0.2, 0) is 6.42 Å². The average Bonchev–Trinajstić information content (AvgIpc) is 2.66. The van der Waals surface area contributed by atoms with Crippen LogP contribution < -0.4 is 4.90 Å². The molecule has 6 heteroatoms. The van der Waals surface area contributed by atoms with E-state index in [1.165, 1.54) is 12.0 Å². The van der Waals surface area contributed by atoms with Crippen molar-refractivity contribution in [2.45, 2.75) is 33.1 Å². The number of hydrogen-bond acceptors (Lipinski definition) is 5. The monoisotopic (exact) mass is 353 g/mol. The van der Waals surface area contributed by atoms with Gasteiger partial charge in [0.1, 0.15) is 17.3 Å². The number of nitrogens with zero attached hydrogens (tertiary/aromatic N) is 5. The lowest BCUT2D eigenvalue weighted by Gasteiger charge is -2.31. The molecular formula is C20H27N5O. The molecule has 1 aliphatic rings. The van der Waals surface area contributed by atoms with E-state index in [1.54, 1.807) is 12.4 Å². The van der Waals surface area contributed by atoms with Gasteiger partial charge in [-0.15, -0.1) is 0 Å². The minimum atomic E-state index is 0.0193. The number of piperidine rings is 1. The van der Waals surface area contributed by atoms with Gasteiger partial charge in [-0.1, -0.05) is 6.92 Å². The Balaban J connectivity index is 1.71. The molecule has 2 aromatic rings. The topological polar surface area (TPSA) is 62.2 Å². The smallest absolute Gasteiger partial charge is 0.272 e. The molecule has 1 aliphatic heterocycles. The van der Waals surface area contributed by atoms with Crippen molar-refractivity contribution >= 4 is 11.7 Å². The highest BCUT2D eigenvalue weighted by Crippen LogP contribution is 2.19. The molecular weight excluding hydrogens is 326 g/mol. The van der Waals surface area contributed by atoms with Crippen molar-refractivity contribution in [2.75, 3.05) is 31.6 Å². The third-order valence-electron chi connectivity index (χ3n) is 4.86. The number of carbonyl (C=O) groups is 1. The van der Waals surface area contributed by atoms with E-state index >= 15 is 0 Å². The zero-order valence-corrected chi connectivity index (χ0v) is 15.9. The van der Waals surface area contributed by atoms with Gasteiger partial charge in [0.05, 0.1) is 0 Å². The van der Waals surface area contributed by atoms with Crippen LogP contribution in [0.3, 0.4) is 0 Å². The molecule has 0 aromatic carbocycles. The van der Waals surface area contributed by atoms with Crippen LogP contribution in [0.1, 0.15) is 41.6 Å². The number of likely N-dealkylation sites (N-methyl/N-ethyl adjacent to an activating group) is 1. The molecule has 26 heavy (non-hydrogen) atoms. The van der Waals surface area contributed by atoms with Crippen LogP contribution in [-0.4, -0.2) is 52.4 Å². The molecule has 0 saturated carbocycles. The highest BCUT2D eigenvalue weighted by Gasteiger charge is 2.24. The lowest BCUT2D eigenvalue weighted by molar-refractivity contribution is 0.0676. The van der Waals surface area contributed by atoms with Crippen molar-refractivity contribution in [3.63, 3.8) is 0 Å². The highest BCUT2D eigenvalue weighted by molar-refractivity contribution is 5.93. The summed E-state index contributed by atoms with van der Waals surface area (Å²) in [6.07, 6.45) is 6.77. The molecule has 0 aliphatic carbocycles. The normalized spacial score (nSPS) is 17.2. The Kier molecular flexibility index (Phi) is 5.81. The molecule has 1 unspecified atom stereocenters. The number of pyridine rings is 1. The Labute approximate surface area is 155 Å². The SMILES string of the molecule is Cc1nc(C(=O)N2CCCC(C)C2)cc(N(C)CCc2ccncc2)n1. The van der Waals surface area contributed by atoms with Crippen molar-refractivity contribution in [1.82, 2.24) is 19.9 Å². The van der Waals surface area contributed by atoms with Gasteiger partial charge in [0.25, 0.3) is 5.91 Å². The molecule has 6 nitrogen and oxygen atoms in total. The number of amides is 1. The first-order valence-electron chi connectivity index (χ1n) is 9.28. The predicted octanol–water partition coefficient (Wildman–Crippen LogP) is 2.73. The molecule has 2 aromatic heterocycles. The molecule has 1 saturated heterocycles. The molecule has 138 valence electrons. The van der Waals surface area contributed by atoms with Crippen LogP contribution in [0, 0.1) is 12.8 Å². The lowest BCUT2D eigenvalue weighted by Crippen LogP contribution is -2.39. The number of rotatable bonds is 5. The minimum Gasteiger partial charge on any atom is -0.359 e. The second kappa shape index (κ2) is 8.25. The van der Waals surface area contributed by atoms with Gasteiger partial charge in [-0.3, -0.25) is 9.78 Å². The van der Waals surface area contributed by atoms with Gasteiger partial charge >= 0.3 is 0 Å². The van der Waals surface area contributed by atoms with Gasteiger partial charge in [0.2, 0.25) is 0 Å². The zero-order valence-electron chi connectivity index (χ0n) is 15.9. The van der Waals surface area contributed by atoms with Crippen LogP contribution >= 0.6 is 0 Å². The quantitative estimate of drug-likeness (QED) is 0.827. The summed E-state index contributed by atoms with van der Waals surface area (Å²) in [4.78, 5) is 29.8. The van der Waals surface area contributed by atoms with E-state index in [-0.39, 0.29) is 5.91 Å². The predicted molar refractivity (Wildman–Crippen MR) is 102 cm³/mol. The van der Waals surface area contributed by atoms with E-state index in [4.69, 9.17) is 0 Å². The van der Waals surface area contributed by atoms with Gasteiger partial charge in [-0.2, -0.15) is 0 Å². The summed E-state index contributed by atoms with van der Waals surface area (Å²) in [7, 11) is 2.00. The van der Waals surface area contributed by atoms with E-state index in [0.29, 0.717) is 17.4 Å². The average molecular weight is 353 g/mol. The molecule has 0 N–H and O–H groups in total. The van der Waals surface area contributed by atoms with E-state index in [1.807, 2.05) is 37.1 Å². The van der Waals surface area contributed by atoms with Crippen LogP contribution in [0.5, 0.6) is 0 Å². The maximum Gasteiger partial charge on any atom is 0.272 e. The van der Waals surface area contributed by atoms with Crippen molar-refractivity contribution < 1.29 is 4.79 Å². The van der Waals surface area contributed by atoms with E-state index in [2.05, 4.69) is 26.8 Å². The number of anilines is 1. The second-order valence-corrected chi connectivity index (χ2v) is 7.18. The van der Waals surface area contributed by atoms with Gasteiger partial charge in [0, 0.05) is 45.1 Å². The van der Waals surface area contributed by atoms with E-state index in [0.717, 1.165) is 38.3 Å². The Bertz CT molecular complexity index is 749.